The van der Waals surface area contributed by atoms with Crippen LogP contribution in [0.5, 0.6) is 0 Å². The summed E-state index contributed by atoms with van der Waals surface area (Å²) in [4.78, 5) is 24.5. The average molecular weight is 461 g/mol. The van der Waals surface area contributed by atoms with Crippen LogP contribution in [-0.2, 0) is 10.0 Å². The molecule has 31 heavy (non-hydrogen) atoms. The minimum Gasteiger partial charge on any atom is -0.271 e. The molecular formula is C20H20N4O5S2. The first-order valence-electron chi connectivity index (χ1n) is 9.16. The number of sulfonamides is 1. The van der Waals surface area contributed by atoms with Crippen LogP contribution in [0.3, 0.4) is 0 Å². The van der Waals surface area contributed by atoms with Gasteiger partial charge < -0.3 is 0 Å². The summed E-state index contributed by atoms with van der Waals surface area (Å²) in [6.45, 7) is 4.85. The van der Waals surface area contributed by atoms with Gasteiger partial charge in [-0.25, -0.2) is 17.8 Å². The van der Waals surface area contributed by atoms with Gasteiger partial charge in [0.2, 0.25) is 10.0 Å². The molecule has 11 heteroatoms. The van der Waals surface area contributed by atoms with E-state index in [1.54, 1.807) is 38.1 Å². The van der Waals surface area contributed by atoms with E-state index in [4.69, 9.17) is 0 Å². The van der Waals surface area contributed by atoms with Crippen molar-refractivity contribution in [2.24, 2.45) is 0 Å². The Morgan fingerprint density at radius 3 is 2.29 bits per heavy atom. The van der Waals surface area contributed by atoms with Gasteiger partial charge in [0.25, 0.3) is 11.6 Å². The van der Waals surface area contributed by atoms with E-state index in [0.717, 1.165) is 15.4 Å². The molecular weight excluding hydrogens is 440 g/mol. The summed E-state index contributed by atoms with van der Waals surface area (Å²) in [5.74, 6) is -0.521. The summed E-state index contributed by atoms with van der Waals surface area (Å²) in [5, 5.41) is 15.0. The number of benzene rings is 2. The highest BCUT2D eigenvalue weighted by molar-refractivity contribution is 7.99. The number of rotatable bonds is 7. The molecule has 0 spiro atoms. The first-order valence-corrected chi connectivity index (χ1v) is 11.5. The fourth-order valence-electron chi connectivity index (χ4n) is 2.81. The van der Waals surface area contributed by atoms with Crippen LogP contribution in [0.1, 0.15) is 21.7 Å². The highest BCUT2D eigenvalue weighted by Crippen LogP contribution is 2.33. The summed E-state index contributed by atoms with van der Waals surface area (Å²) >= 11 is 1.32. The molecule has 3 aromatic rings. The van der Waals surface area contributed by atoms with Gasteiger partial charge in [-0.2, -0.15) is 5.10 Å². The molecule has 2 aromatic carbocycles. The topological polar surface area (TPSA) is 124 Å². The number of hydrogen-bond donors (Lipinski definition) is 1. The number of nitro groups is 1. The van der Waals surface area contributed by atoms with E-state index >= 15 is 0 Å². The quantitative estimate of drug-likeness (QED) is 0.423. The van der Waals surface area contributed by atoms with E-state index in [1.807, 2.05) is 6.92 Å². The van der Waals surface area contributed by atoms with Crippen LogP contribution in [0.15, 0.2) is 63.2 Å². The molecule has 1 heterocycles. The SMILES string of the molecule is Cc1ccc(S(=O)(=O)NCC(=O)n2nc(C)c(Sc3ccc([N+](=O)[O-])cc3)c2C)cc1. The average Bonchev–Trinajstić information content (AvgIpc) is 3.01. The van der Waals surface area contributed by atoms with Crippen LogP contribution < -0.4 is 4.72 Å². The highest BCUT2D eigenvalue weighted by atomic mass is 32.2. The Hall–Kier alpha value is -3.02. The number of nitrogens with zero attached hydrogens (tertiary/aromatic N) is 3. The maximum absolute atomic E-state index is 12.6. The first-order chi connectivity index (χ1) is 14.6. The van der Waals surface area contributed by atoms with E-state index in [-0.39, 0.29) is 10.6 Å². The van der Waals surface area contributed by atoms with Gasteiger partial charge in [0.1, 0.15) is 0 Å². The maximum atomic E-state index is 12.6. The van der Waals surface area contributed by atoms with E-state index in [2.05, 4.69) is 9.82 Å². The summed E-state index contributed by atoms with van der Waals surface area (Å²) in [6, 6.07) is 12.4. The minimum absolute atomic E-state index is 0.00970. The number of nitrogens with one attached hydrogen (secondary N) is 1. The molecule has 162 valence electrons. The van der Waals surface area contributed by atoms with E-state index < -0.39 is 27.4 Å². The van der Waals surface area contributed by atoms with Gasteiger partial charge in [-0.3, -0.25) is 14.9 Å². The number of carbonyl (C=O) groups excluding carboxylic acids is 1. The molecule has 0 radical (unpaired) electrons. The lowest BCUT2D eigenvalue weighted by atomic mass is 10.2. The summed E-state index contributed by atoms with van der Waals surface area (Å²) in [6.07, 6.45) is 0. The molecule has 0 aliphatic rings. The third-order valence-electron chi connectivity index (χ3n) is 4.47. The van der Waals surface area contributed by atoms with Gasteiger partial charge in [0.05, 0.1) is 32.6 Å². The van der Waals surface area contributed by atoms with Gasteiger partial charge >= 0.3 is 0 Å². The van der Waals surface area contributed by atoms with Crippen molar-refractivity contribution in [2.75, 3.05) is 6.54 Å². The molecule has 0 amide bonds. The van der Waals surface area contributed by atoms with Crippen molar-refractivity contribution in [3.8, 4) is 0 Å². The molecule has 3 rings (SSSR count). The van der Waals surface area contributed by atoms with E-state index in [0.29, 0.717) is 11.4 Å². The monoisotopic (exact) mass is 460 g/mol. The molecule has 0 fully saturated rings. The largest absolute Gasteiger partial charge is 0.271 e. The van der Waals surface area contributed by atoms with Crippen molar-refractivity contribution >= 4 is 33.4 Å². The van der Waals surface area contributed by atoms with Crippen molar-refractivity contribution in [3.63, 3.8) is 0 Å². The number of nitro benzene ring substituents is 1. The summed E-state index contributed by atoms with van der Waals surface area (Å²) < 4.78 is 28.3. The maximum Gasteiger partial charge on any atom is 0.269 e. The molecule has 9 nitrogen and oxygen atoms in total. The van der Waals surface area contributed by atoms with Crippen molar-refractivity contribution in [2.45, 2.75) is 35.5 Å². The van der Waals surface area contributed by atoms with Crippen LogP contribution in [0.25, 0.3) is 0 Å². The van der Waals surface area contributed by atoms with Crippen LogP contribution in [0.2, 0.25) is 0 Å². The lowest BCUT2D eigenvalue weighted by Gasteiger charge is -2.08. The zero-order valence-electron chi connectivity index (χ0n) is 17.0. The number of non-ortho nitro benzene ring substituents is 1. The molecule has 1 aromatic heterocycles. The fourth-order valence-corrected chi connectivity index (χ4v) is 4.71. The number of aryl methyl sites for hydroxylation is 2. The zero-order chi connectivity index (χ0) is 22.8. The van der Waals surface area contributed by atoms with Crippen molar-refractivity contribution in [3.05, 3.63) is 75.6 Å². The van der Waals surface area contributed by atoms with Crippen LogP contribution in [0, 0.1) is 30.9 Å². The normalized spacial score (nSPS) is 11.5. The second kappa shape index (κ2) is 9.00. The van der Waals surface area contributed by atoms with Crippen LogP contribution in [0.4, 0.5) is 5.69 Å². The van der Waals surface area contributed by atoms with Gasteiger partial charge in [0.15, 0.2) is 0 Å². The van der Waals surface area contributed by atoms with E-state index in [1.165, 1.54) is 40.7 Å². The van der Waals surface area contributed by atoms with Gasteiger partial charge in [-0.1, -0.05) is 29.5 Å². The number of hydrogen-bond acceptors (Lipinski definition) is 7. The molecule has 0 saturated heterocycles. The van der Waals surface area contributed by atoms with Gasteiger partial charge in [0, 0.05) is 17.0 Å². The fraction of sp³-hybridized carbons (Fsp3) is 0.200. The number of aromatic nitrogens is 2. The third kappa shape index (κ3) is 5.19. The number of carbonyl (C=O) groups is 1. The molecule has 0 atom stereocenters. The van der Waals surface area contributed by atoms with Crippen LogP contribution in [-0.4, -0.2) is 35.6 Å². The molecule has 0 saturated carbocycles. The Morgan fingerprint density at radius 1 is 1.10 bits per heavy atom. The van der Waals surface area contributed by atoms with Crippen molar-refractivity contribution < 1.29 is 18.1 Å². The zero-order valence-corrected chi connectivity index (χ0v) is 18.7. The Kier molecular flexibility index (Phi) is 6.58. The summed E-state index contributed by atoms with van der Waals surface area (Å²) in [5.41, 5.74) is 2.07. The van der Waals surface area contributed by atoms with Gasteiger partial charge in [-0.05, 0) is 45.0 Å². The Labute approximate surface area is 183 Å². The Bertz CT molecular complexity index is 1230. The van der Waals surface area contributed by atoms with Crippen molar-refractivity contribution in [1.29, 1.82) is 0 Å². The Balaban J connectivity index is 1.74. The van der Waals surface area contributed by atoms with Crippen LogP contribution >= 0.6 is 11.8 Å². The minimum atomic E-state index is -3.83. The molecule has 0 bridgehead atoms. The molecule has 1 N–H and O–H groups in total. The molecule has 0 aliphatic carbocycles. The van der Waals surface area contributed by atoms with E-state index in [9.17, 15) is 23.3 Å². The predicted octanol–water partition coefficient (Wildman–Crippen LogP) is 3.49. The van der Waals surface area contributed by atoms with Gasteiger partial charge in [-0.15, -0.1) is 0 Å². The lowest BCUT2D eigenvalue weighted by Crippen LogP contribution is -2.33. The molecule has 0 unspecified atom stereocenters. The third-order valence-corrected chi connectivity index (χ3v) is 7.19. The van der Waals surface area contributed by atoms with Crippen molar-refractivity contribution in [1.82, 2.24) is 14.5 Å². The highest BCUT2D eigenvalue weighted by Gasteiger charge is 2.21. The second-order valence-corrected chi connectivity index (χ2v) is 9.65. The lowest BCUT2D eigenvalue weighted by molar-refractivity contribution is -0.384. The molecule has 0 aliphatic heterocycles. The first kappa shape index (κ1) is 22.7. The smallest absolute Gasteiger partial charge is 0.269 e. The Morgan fingerprint density at radius 2 is 1.71 bits per heavy atom. The second-order valence-electron chi connectivity index (χ2n) is 6.80. The predicted molar refractivity (Wildman–Crippen MR) is 116 cm³/mol. The summed E-state index contributed by atoms with van der Waals surface area (Å²) in [7, 11) is -3.83. The standard InChI is InChI=1S/C20H20N4O5S2/c1-13-4-10-18(11-5-13)31(28,29)21-12-19(25)23-15(3)20(14(2)22-23)30-17-8-6-16(7-9-17)24(26)27/h4-11,21H,12H2,1-3H3.